The average Bonchev–Trinajstić information content (AvgIpc) is 2.97. The number of aromatic nitrogens is 2. The van der Waals surface area contributed by atoms with Crippen LogP contribution < -0.4 is 10.1 Å². The van der Waals surface area contributed by atoms with Crippen LogP contribution in [0.25, 0.3) is 16.9 Å². The summed E-state index contributed by atoms with van der Waals surface area (Å²) in [5, 5.41) is 12.0. The standard InChI is InChI=1S/C20H19F4N3O3/c1-19(2,11-28)9-16(29)26-18-17(27-10-13(21)5-8-15(27)25-18)12-3-6-14(7-4-12)30-20(22,23)24/h3-8,10,28H,9,11H2,1-2H3,(H,26,29). The van der Waals surface area contributed by atoms with Gasteiger partial charge in [0.1, 0.15) is 17.2 Å². The number of carbonyl (C=O) groups excluding carboxylic acids is 1. The Morgan fingerprint density at radius 1 is 1.17 bits per heavy atom. The highest BCUT2D eigenvalue weighted by atomic mass is 19.4. The van der Waals surface area contributed by atoms with Crippen LogP contribution in [0.2, 0.25) is 0 Å². The van der Waals surface area contributed by atoms with Crippen LogP contribution >= 0.6 is 0 Å². The molecule has 0 aliphatic rings. The van der Waals surface area contributed by atoms with Crippen molar-refractivity contribution in [2.75, 3.05) is 11.9 Å². The van der Waals surface area contributed by atoms with Crippen LogP contribution in [0.5, 0.6) is 5.75 Å². The first-order valence-electron chi connectivity index (χ1n) is 8.92. The van der Waals surface area contributed by atoms with Gasteiger partial charge in [-0.25, -0.2) is 9.37 Å². The van der Waals surface area contributed by atoms with Gasteiger partial charge in [0.15, 0.2) is 5.82 Å². The quantitative estimate of drug-likeness (QED) is 0.575. The maximum Gasteiger partial charge on any atom is 0.573 e. The van der Waals surface area contributed by atoms with Crippen molar-refractivity contribution < 1.29 is 32.2 Å². The van der Waals surface area contributed by atoms with Gasteiger partial charge in [0.25, 0.3) is 0 Å². The van der Waals surface area contributed by atoms with Gasteiger partial charge >= 0.3 is 6.36 Å². The third-order valence-corrected chi connectivity index (χ3v) is 4.27. The number of amides is 1. The zero-order valence-electron chi connectivity index (χ0n) is 16.1. The lowest BCUT2D eigenvalue weighted by Gasteiger charge is -2.20. The predicted molar refractivity (Wildman–Crippen MR) is 101 cm³/mol. The van der Waals surface area contributed by atoms with Crippen molar-refractivity contribution in [2.24, 2.45) is 5.41 Å². The van der Waals surface area contributed by atoms with E-state index in [2.05, 4.69) is 15.0 Å². The highest BCUT2D eigenvalue weighted by molar-refractivity contribution is 5.94. The molecule has 1 amide bonds. The first-order valence-corrected chi connectivity index (χ1v) is 8.92. The number of imidazole rings is 1. The molecule has 0 saturated carbocycles. The Morgan fingerprint density at radius 2 is 1.83 bits per heavy atom. The number of ether oxygens (including phenoxy) is 1. The SMILES string of the molecule is CC(C)(CO)CC(=O)Nc1nc2ccc(F)cn2c1-c1ccc(OC(F)(F)F)cc1. The topological polar surface area (TPSA) is 75.9 Å². The Bertz CT molecular complexity index is 1060. The molecule has 2 N–H and O–H groups in total. The Morgan fingerprint density at radius 3 is 2.43 bits per heavy atom. The van der Waals surface area contributed by atoms with Crippen molar-refractivity contribution in [3.8, 4) is 17.0 Å². The summed E-state index contributed by atoms with van der Waals surface area (Å²) in [6.45, 7) is 3.22. The minimum atomic E-state index is -4.83. The second kappa shape index (κ2) is 7.94. The maximum atomic E-state index is 13.8. The molecule has 160 valence electrons. The summed E-state index contributed by atoms with van der Waals surface area (Å²) in [5.41, 5.74) is 0.350. The first kappa shape index (κ1) is 21.6. The molecule has 1 aromatic carbocycles. The fourth-order valence-corrected chi connectivity index (χ4v) is 2.86. The summed E-state index contributed by atoms with van der Waals surface area (Å²) in [4.78, 5) is 16.7. The van der Waals surface area contributed by atoms with Crippen LogP contribution in [0, 0.1) is 11.2 Å². The van der Waals surface area contributed by atoms with Crippen LogP contribution in [-0.4, -0.2) is 33.4 Å². The molecule has 6 nitrogen and oxygen atoms in total. The average molecular weight is 425 g/mol. The Labute approximate surface area is 169 Å². The predicted octanol–water partition coefficient (Wildman–Crippen LogP) is 4.39. The normalized spacial score (nSPS) is 12.2. The molecule has 0 aliphatic heterocycles. The van der Waals surface area contributed by atoms with E-state index in [1.807, 2.05) is 0 Å². The van der Waals surface area contributed by atoms with Crippen LogP contribution in [0.15, 0.2) is 42.6 Å². The summed E-state index contributed by atoms with van der Waals surface area (Å²) in [5.74, 6) is -1.28. The molecular formula is C20H19F4N3O3. The van der Waals surface area contributed by atoms with E-state index in [0.29, 0.717) is 16.9 Å². The molecule has 0 spiro atoms. The van der Waals surface area contributed by atoms with Gasteiger partial charge in [-0.1, -0.05) is 13.8 Å². The monoisotopic (exact) mass is 425 g/mol. The molecule has 2 heterocycles. The lowest BCUT2D eigenvalue weighted by atomic mass is 9.90. The number of hydrogen-bond acceptors (Lipinski definition) is 4. The molecule has 0 radical (unpaired) electrons. The van der Waals surface area contributed by atoms with Crippen LogP contribution in [-0.2, 0) is 4.79 Å². The lowest BCUT2D eigenvalue weighted by molar-refractivity contribution is -0.274. The highest BCUT2D eigenvalue weighted by Crippen LogP contribution is 2.32. The fraction of sp³-hybridized carbons (Fsp3) is 0.300. The summed E-state index contributed by atoms with van der Waals surface area (Å²) < 4.78 is 56.3. The van der Waals surface area contributed by atoms with Crippen LogP contribution in [0.3, 0.4) is 0 Å². The molecule has 30 heavy (non-hydrogen) atoms. The fourth-order valence-electron chi connectivity index (χ4n) is 2.86. The van der Waals surface area contributed by atoms with Gasteiger partial charge in [0.2, 0.25) is 5.91 Å². The first-order chi connectivity index (χ1) is 14.0. The van der Waals surface area contributed by atoms with E-state index in [0.717, 1.165) is 18.3 Å². The smallest absolute Gasteiger partial charge is 0.406 e. The molecule has 10 heteroatoms. The number of anilines is 1. The zero-order chi connectivity index (χ0) is 22.1. The Kier molecular flexibility index (Phi) is 5.71. The van der Waals surface area contributed by atoms with Gasteiger partial charge in [-0.05, 0) is 41.8 Å². The van der Waals surface area contributed by atoms with E-state index in [4.69, 9.17) is 0 Å². The Balaban J connectivity index is 2.01. The third-order valence-electron chi connectivity index (χ3n) is 4.27. The number of nitrogens with one attached hydrogen (secondary N) is 1. The number of hydrogen-bond donors (Lipinski definition) is 2. The number of pyridine rings is 1. The maximum absolute atomic E-state index is 13.8. The number of halogens is 4. The van der Waals surface area contributed by atoms with E-state index < -0.39 is 29.3 Å². The molecule has 0 atom stereocenters. The van der Waals surface area contributed by atoms with Crippen molar-refractivity contribution in [2.45, 2.75) is 26.6 Å². The molecule has 0 aliphatic carbocycles. The van der Waals surface area contributed by atoms with Gasteiger partial charge in [-0.15, -0.1) is 13.2 Å². The molecule has 0 fully saturated rings. The third kappa shape index (κ3) is 5.07. The van der Waals surface area contributed by atoms with Crippen molar-refractivity contribution in [3.63, 3.8) is 0 Å². The van der Waals surface area contributed by atoms with E-state index >= 15 is 0 Å². The van der Waals surface area contributed by atoms with Crippen LogP contribution in [0.4, 0.5) is 23.4 Å². The summed E-state index contributed by atoms with van der Waals surface area (Å²) in [7, 11) is 0. The largest absolute Gasteiger partial charge is 0.573 e. The second-order valence-electron chi connectivity index (χ2n) is 7.50. The van der Waals surface area contributed by atoms with Gasteiger partial charge in [0.05, 0.1) is 5.69 Å². The van der Waals surface area contributed by atoms with Crippen LogP contribution in [0.1, 0.15) is 20.3 Å². The summed E-state index contributed by atoms with van der Waals surface area (Å²) in [6, 6.07) is 7.54. The number of rotatable bonds is 6. The minimum absolute atomic E-state index is 0.00351. The minimum Gasteiger partial charge on any atom is -0.406 e. The molecule has 0 bridgehead atoms. The Hall–Kier alpha value is -3.14. The number of benzene rings is 1. The van der Waals surface area contributed by atoms with E-state index in [1.54, 1.807) is 13.8 Å². The molecule has 0 unspecified atom stereocenters. The van der Waals surface area contributed by atoms with E-state index in [1.165, 1.54) is 28.7 Å². The summed E-state index contributed by atoms with van der Waals surface area (Å²) in [6.07, 6.45) is -3.67. The molecular weight excluding hydrogens is 406 g/mol. The van der Waals surface area contributed by atoms with Crippen molar-refractivity contribution in [1.29, 1.82) is 0 Å². The van der Waals surface area contributed by atoms with Gasteiger partial charge in [0, 0.05) is 24.8 Å². The molecule has 3 rings (SSSR count). The number of carbonyl (C=O) groups is 1. The molecule has 0 saturated heterocycles. The number of alkyl halides is 3. The number of nitrogens with zero attached hydrogens (tertiary/aromatic N) is 2. The van der Waals surface area contributed by atoms with Crippen molar-refractivity contribution >= 4 is 17.4 Å². The van der Waals surface area contributed by atoms with Crippen molar-refractivity contribution in [3.05, 3.63) is 48.4 Å². The number of aliphatic hydroxyl groups is 1. The highest BCUT2D eigenvalue weighted by Gasteiger charge is 2.31. The molecule has 2 aromatic heterocycles. The van der Waals surface area contributed by atoms with E-state index in [9.17, 15) is 27.5 Å². The summed E-state index contributed by atoms with van der Waals surface area (Å²) >= 11 is 0. The zero-order valence-corrected chi connectivity index (χ0v) is 16.1. The second-order valence-corrected chi connectivity index (χ2v) is 7.50. The number of aliphatic hydroxyl groups excluding tert-OH is 1. The molecule has 3 aromatic rings. The van der Waals surface area contributed by atoms with Gasteiger partial charge in [-0.2, -0.15) is 0 Å². The lowest BCUT2D eigenvalue weighted by Crippen LogP contribution is -2.25. The van der Waals surface area contributed by atoms with Crippen molar-refractivity contribution in [1.82, 2.24) is 9.38 Å². The van der Waals surface area contributed by atoms with Gasteiger partial charge in [-0.3, -0.25) is 9.20 Å². The van der Waals surface area contributed by atoms with Gasteiger partial charge < -0.3 is 15.2 Å². The number of fused-ring (bicyclic) bond motifs is 1. The van der Waals surface area contributed by atoms with E-state index in [-0.39, 0.29) is 18.8 Å².